The van der Waals surface area contributed by atoms with E-state index in [-0.39, 0.29) is 6.42 Å². The highest BCUT2D eigenvalue weighted by Gasteiger charge is 2.13. The fourth-order valence-electron chi connectivity index (χ4n) is 2.85. The van der Waals surface area contributed by atoms with Gasteiger partial charge in [0.15, 0.2) is 5.58 Å². The molecule has 0 spiro atoms. The molecule has 0 saturated heterocycles. The lowest BCUT2D eigenvalue weighted by atomic mass is 10.1. The summed E-state index contributed by atoms with van der Waals surface area (Å²) in [5.74, 6) is -0.343. The first-order chi connectivity index (χ1) is 12.6. The van der Waals surface area contributed by atoms with Crippen molar-refractivity contribution in [3.8, 4) is 22.6 Å². The molecule has 1 heterocycles. The van der Waals surface area contributed by atoms with E-state index in [0.717, 1.165) is 32.2 Å². The van der Waals surface area contributed by atoms with Crippen LogP contribution < -0.4 is 0 Å². The second kappa shape index (κ2) is 6.77. The van der Waals surface area contributed by atoms with Crippen molar-refractivity contribution in [2.24, 2.45) is 0 Å². The Hall–Kier alpha value is -2.92. The van der Waals surface area contributed by atoms with Crippen LogP contribution in [0.2, 0.25) is 0 Å². The fourth-order valence-corrected chi connectivity index (χ4v) is 3.38. The van der Waals surface area contributed by atoms with E-state index < -0.39 is 5.97 Å². The van der Waals surface area contributed by atoms with Gasteiger partial charge in [-0.2, -0.15) is 0 Å². The standard InChI is InChI=1S/C21H14BrNO3/c22-17-11-16(14-4-2-1-3-5-14)12-18-20(17)26-21(23-18)15-8-6-13(7-9-15)10-19(24)25/h1-9,11-12H,10H2,(H,24,25). The predicted octanol–water partition coefficient (Wildman–Crippen LogP) is 5.55. The number of aromatic nitrogens is 1. The molecule has 26 heavy (non-hydrogen) atoms. The lowest BCUT2D eigenvalue weighted by molar-refractivity contribution is -0.136. The first kappa shape index (κ1) is 16.5. The number of oxazole rings is 1. The summed E-state index contributed by atoms with van der Waals surface area (Å²) >= 11 is 3.57. The van der Waals surface area contributed by atoms with Gasteiger partial charge in [-0.1, -0.05) is 42.5 Å². The number of carboxylic acid groups (broad SMARTS) is 1. The number of halogens is 1. The van der Waals surface area contributed by atoms with Crippen molar-refractivity contribution in [3.05, 3.63) is 76.8 Å². The Morgan fingerprint density at radius 2 is 1.69 bits per heavy atom. The molecule has 0 saturated carbocycles. The second-order valence-corrected chi connectivity index (χ2v) is 6.81. The Kier molecular flexibility index (Phi) is 4.31. The Balaban J connectivity index is 1.73. The average Bonchev–Trinajstić information content (AvgIpc) is 3.07. The van der Waals surface area contributed by atoms with Gasteiger partial charge in [-0.25, -0.2) is 4.98 Å². The average molecular weight is 408 g/mol. The minimum absolute atomic E-state index is 0.000176. The largest absolute Gasteiger partial charge is 0.481 e. The van der Waals surface area contributed by atoms with Crippen LogP contribution in [-0.2, 0) is 11.2 Å². The van der Waals surface area contributed by atoms with Crippen molar-refractivity contribution in [2.45, 2.75) is 6.42 Å². The third kappa shape index (κ3) is 3.26. The number of hydrogen-bond acceptors (Lipinski definition) is 3. The number of aliphatic carboxylic acids is 1. The SMILES string of the molecule is O=C(O)Cc1ccc(-c2nc3cc(-c4ccccc4)cc(Br)c3o2)cc1. The normalized spacial score (nSPS) is 11.0. The molecule has 128 valence electrons. The number of carboxylic acids is 1. The zero-order valence-corrected chi connectivity index (χ0v) is 15.2. The minimum Gasteiger partial charge on any atom is -0.481 e. The van der Waals surface area contributed by atoms with Crippen molar-refractivity contribution in [1.82, 2.24) is 4.98 Å². The number of benzene rings is 3. The fraction of sp³-hybridized carbons (Fsp3) is 0.0476. The summed E-state index contributed by atoms with van der Waals surface area (Å²) in [6, 6.07) is 21.3. The lowest BCUT2D eigenvalue weighted by Gasteiger charge is -2.02. The molecule has 1 aromatic heterocycles. The Morgan fingerprint density at radius 1 is 0.962 bits per heavy atom. The van der Waals surface area contributed by atoms with Gasteiger partial charge in [0.05, 0.1) is 10.9 Å². The number of nitrogens with zero attached hydrogens (tertiary/aromatic N) is 1. The molecule has 5 heteroatoms. The maximum absolute atomic E-state index is 10.8. The topological polar surface area (TPSA) is 63.3 Å². The van der Waals surface area contributed by atoms with Crippen LogP contribution in [0.4, 0.5) is 0 Å². The van der Waals surface area contributed by atoms with Crippen LogP contribution in [0.15, 0.2) is 75.6 Å². The molecule has 0 bridgehead atoms. The van der Waals surface area contributed by atoms with E-state index in [9.17, 15) is 4.79 Å². The van der Waals surface area contributed by atoms with Gasteiger partial charge in [-0.3, -0.25) is 4.79 Å². The van der Waals surface area contributed by atoms with Gasteiger partial charge in [-0.05, 0) is 56.9 Å². The molecule has 4 rings (SSSR count). The molecule has 1 N–H and O–H groups in total. The second-order valence-electron chi connectivity index (χ2n) is 5.96. The highest BCUT2D eigenvalue weighted by Crippen LogP contribution is 2.34. The summed E-state index contributed by atoms with van der Waals surface area (Å²) in [5.41, 5.74) is 5.17. The predicted molar refractivity (Wildman–Crippen MR) is 104 cm³/mol. The first-order valence-corrected chi connectivity index (χ1v) is 8.86. The first-order valence-electron chi connectivity index (χ1n) is 8.07. The van der Waals surface area contributed by atoms with E-state index in [1.165, 1.54) is 0 Å². The van der Waals surface area contributed by atoms with Crippen molar-refractivity contribution in [1.29, 1.82) is 0 Å². The van der Waals surface area contributed by atoms with Crippen LogP contribution in [0, 0.1) is 0 Å². The third-order valence-electron chi connectivity index (χ3n) is 4.11. The summed E-state index contributed by atoms with van der Waals surface area (Å²) in [5, 5.41) is 8.86. The summed E-state index contributed by atoms with van der Waals surface area (Å²) in [6.07, 6.45) is -0.000176. The van der Waals surface area contributed by atoms with Gasteiger partial charge in [0, 0.05) is 5.56 Å². The zero-order valence-electron chi connectivity index (χ0n) is 13.6. The number of fused-ring (bicyclic) bond motifs is 1. The highest BCUT2D eigenvalue weighted by molar-refractivity contribution is 9.10. The molecule has 0 aliphatic rings. The van der Waals surface area contributed by atoms with E-state index in [4.69, 9.17) is 9.52 Å². The molecule has 0 amide bonds. The van der Waals surface area contributed by atoms with E-state index in [0.29, 0.717) is 11.5 Å². The molecule has 0 aliphatic heterocycles. The molecular formula is C21H14BrNO3. The van der Waals surface area contributed by atoms with Gasteiger partial charge < -0.3 is 9.52 Å². The number of rotatable bonds is 4. The Morgan fingerprint density at radius 3 is 2.38 bits per heavy atom. The maximum atomic E-state index is 10.8. The Bertz CT molecular complexity index is 1090. The molecule has 0 atom stereocenters. The van der Waals surface area contributed by atoms with Crippen LogP contribution in [0.1, 0.15) is 5.56 Å². The lowest BCUT2D eigenvalue weighted by Crippen LogP contribution is -1.99. The summed E-state index contributed by atoms with van der Waals surface area (Å²) in [7, 11) is 0. The molecule has 0 aliphatic carbocycles. The van der Waals surface area contributed by atoms with Crippen molar-refractivity contribution in [2.75, 3.05) is 0 Å². The summed E-state index contributed by atoms with van der Waals surface area (Å²) < 4.78 is 6.77. The molecule has 3 aromatic carbocycles. The smallest absolute Gasteiger partial charge is 0.307 e. The minimum atomic E-state index is -0.850. The summed E-state index contributed by atoms with van der Waals surface area (Å²) in [6.45, 7) is 0. The van der Waals surface area contributed by atoms with E-state index in [1.54, 1.807) is 12.1 Å². The quantitative estimate of drug-likeness (QED) is 0.481. The van der Waals surface area contributed by atoms with Crippen LogP contribution in [0.5, 0.6) is 0 Å². The van der Waals surface area contributed by atoms with Gasteiger partial charge in [0.2, 0.25) is 5.89 Å². The number of hydrogen-bond donors (Lipinski definition) is 1. The van der Waals surface area contributed by atoms with E-state index in [1.807, 2.05) is 42.5 Å². The third-order valence-corrected chi connectivity index (χ3v) is 4.70. The van der Waals surface area contributed by atoms with Gasteiger partial charge in [-0.15, -0.1) is 0 Å². The van der Waals surface area contributed by atoms with Crippen molar-refractivity contribution < 1.29 is 14.3 Å². The van der Waals surface area contributed by atoms with Crippen molar-refractivity contribution in [3.63, 3.8) is 0 Å². The molecule has 0 fully saturated rings. The van der Waals surface area contributed by atoms with E-state index in [2.05, 4.69) is 33.0 Å². The maximum Gasteiger partial charge on any atom is 0.307 e. The van der Waals surface area contributed by atoms with Gasteiger partial charge in [0.1, 0.15) is 5.52 Å². The van der Waals surface area contributed by atoms with Crippen LogP contribution >= 0.6 is 15.9 Å². The summed E-state index contributed by atoms with van der Waals surface area (Å²) in [4.78, 5) is 15.4. The number of carbonyl (C=O) groups is 1. The molecule has 4 nitrogen and oxygen atoms in total. The molecular weight excluding hydrogens is 394 g/mol. The van der Waals surface area contributed by atoms with E-state index >= 15 is 0 Å². The zero-order chi connectivity index (χ0) is 18.1. The Labute approximate surface area is 158 Å². The molecule has 4 aromatic rings. The molecule has 0 unspecified atom stereocenters. The molecule has 0 radical (unpaired) electrons. The monoisotopic (exact) mass is 407 g/mol. The van der Waals surface area contributed by atoms with Crippen molar-refractivity contribution >= 4 is 33.0 Å². The van der Waals surface area contributed by atoms with Crippen LogP contribution in [0.3, 0.4) is 0 Å². The van der Waals surface area contributed by atoms with Gasteiger partial charge >= 0.3 is 5.97 Å². The highest BCUT2D eigenvalue weighted by atomic mass is 79.9. The van der Waals surface area contributed by atoms with Crippen LogP contribution in [0.25, 0.3) is 33.7 Å². The van der Waals surface area contributed by atoms with Gasteiger partial charge in [0.25, 0.3) is 0 Å². The van der Waals surface area contributed by atoms with Crippen LogP contribution in [-0.4, -0.2) is 16.1 Å².